The van der Waals surface area contributed by atoms with Crippen LogP contribution in [0.5, 0.6) is 0 Å². The molecule has 0 amide bonds. The molecule has 112 valence electrons. The molecule has 2 heteroatoms. The molecule has 23 heavy (non-hydrogen) atoms. The van der Waals surface area contributed by atoms with Crippen LogP contribution in [0.2, 0.25) is 0 Å². The highest BCUT2D eigenvalue weighted by atomic mass is 15.0. The van der Waals surface area contributed by atoms with E-state index >= 15 is 0 Å². The van der Waals surface area contributed by atoms with Gasteiger partial charge >= 0.3 is 0 Å². The second-order valence-corrected chi connectivity index (χ2v) is 5.63. The van der Waals surface area contributed by atoms with Gasteiger partial charge in [0.1, 0.15) is 0 Å². The second-order valence-electron chi connectivity index (χ2n) is 5.63. The molecule has 0 aliphatic heterocycles. The van der Waals surface area contributed by atoms with Gasteiger partial charge in [0, 0.05) is 17.6 Å². The monoisotopic (exact) mass is 298 g/mol. The molecule has 0 aliphatic carbocycles. The summed E-state index contributed by atoms with van der Waals surface area (Å²) in [5.74, 6) is 0. The van der Waals surface area contributed by atoms with E-state index in [4.69, 9.17) is 0 Å². The number of para-hydroxylation sites is 1. The van der Waals surface area contributed by atoms with Gasteiger partial charge in [-0.25, -0.2) is 0 Å². The first kappa shape index (κ1) is 14.9. The van der Waals surface area contributed by atoms with Crippen molar-refractivity contribution in [3.8, 4) is 11.8 Å². The van der Waals surface area contributed by atoms with Gasteiger partial charge in [-0.2, -0.15) is 5.26 Å². The largest absolute Gasteiger partial charge is 0.317 e. The van der Waals surface area contributed by atoms with E-state index in [1.807, 2.05) is 67.7 Å². The minimum Gasteiger partial charge on any atom is -0.317 e. The summed E-state index contributed by atoms with van der Waals surface area (Å²) < 4.78 is 2.11. The zero-order valence-electron chi connectivity index (χ0n) is 13.3. The Morgan fingerprint density at radius 3 is 2.39 bits per heavy atom. The van der Waals surface area contributed by atoms with E-state index in [1.54, 1.807) is 0 Å². The molecule has 2 nitrogen and oxygen atoms in total. The Labute approximate surface area is 136 Å². The van der Waals surface area contributed by atoms with Gasteiger partial charge in [0.05, 0.1) is 11.6 Å². The molecule has 3 aromatic rings. The lowest BCUT2D eigenvalue weighted by Gasteiger charge is -2.10. The maximum Gasteiger partial charge on any atom is 0.0998 e. The highest BCUT2D eigenvalue weighted by Crippen LogP contribution is 2.22. The number of hydrogen-bond acceptors (Lipinski definition) is 1. The van der Waals surface area contributed by atoms with Crippen molar-refractivity contribution in [1.29, 1.82) is 5.26 Å². The lowest BCUT2D eigenvalue weighted by atomic mass is 10.0. The van der Waals surface area contributed by atoms with Crippen LogP contribution in [0.4, 0.5) is 0 Å². The first-order chi connectivity index (χ1) is 11.2. The second kappa shape index (κ2) is 6.37. The Bertz CT molecular complexity index is 890. The molecule has 0 spiro atoms. The van der Waals surface area contributed by atoms with Crippen molar-refractivity contribution in [3.63, 3.8) is 0 Å². The van der Waals surface area contributed by atoms with Crippen LogP contribution >= 0.6 is 0 Å². The number of nitrogens with zero attached hydrogens (tertiary/aromatic N) is 2. The molecule has 3 rings (SSSR count). The van der Waals surface area contributed by atoms with Crippen LogP contribution in [0.25, 0.3) is 17.3 Å². The van der Waals surface area contributed by atoms with Gasteiger partial charge in [-0.1, -0.05) is 48.0 Å². The number of nitriles is 1. The number of allylic oxidation sites excluding steroid dienone is 1. The van der Waals surface area contributed by atoms with Crippen molar-refractivity contribution in [2.24, 2.45) is 0 Å². The Hall–Kier alpha value is -3.05. The lowest BCUT2D eigenvalue weighted by Crippen LogP contribution is -1.97. The number of hydrogen-bond donors (Lipinski definition) is 0. The van der Waals surface area contributed by atoms with Crippen LogP contribution in [0.1, 0.15) is 22.4 Å². The quantitative estimate of drug-likeness (QED) is 0.614. The highest BCUT2D eigenvalue weighted by molar-refractivity contribution is 5.89. The standard InChI is InChI=1S/C21H18N2/c1-16-9-11-18(12-10-16)19(15-22)14-20-7-5-13-23(20)21-8-4-3-6-17(21)2/h3-14H,1-2H3/b19-14-. The van der Waals surface area contributed by atoms with Crippen LogP contribution in [-0.4, -0.2) is 4.57 Å². The maximum atomic E-state index is 9.54. The van der Waals surface area contributed by atoms with E-state index in [0.717, 1.165) is 16.9 Å². The molecule has 0 unspecified atom stereocenters. The number of aryl methyl sites for hydroxylation is 2. The molecule has 0 bridgehead atoms. The molecule has 0 saturated heterocycles. The molecule has 0 atom stereocenters. The van der Waals surface area contributed by atoms with Gasteiger partial charge in [-0.05, 0) is 49.2 Å². The fourth-order valence-electron chi connectivity index (χ4n) is 2.63. The minimum atomic E-state index is 0.665. The summed E-state index contributed by atoms with van der Waals surface area (Å²) >= 11 is 0. The van der Waals surface area contributed by atoms with Gasteiger partial charge in [-0.15, -0.1) is 0 Å². The van der Waals surface area contributed by atoms with Crippen LogP contribution < -0.4 is 0 Å². The normalized spacial score (nSPS) is 11.3. The third-order valence-corrected chi connectivity index (χ3v) is 3.93. The SMILES string of the molecule is Cc1ccc(/C(C#N)=C\c2cccn2-c2ccccc2C)cc1. The third-order valence-electron chi connectivity index (χ3n) is 3.93. The van der Waals surface area contributed by atoms with Crippen molar-refractivity contribution >= 4 is 11.6 Å². The van der Waals surface area contributed by atoms with Crippen molar-refractivity contribution < 1.29 is 0 Å². The van der Waals surface area contributed by atoms with E-state index in [0.29, 0.717) is 5.57 Å². The highest BCUT2D eigenvalue weighted by Gasteiger charge is 2.06. The number of benzene rings is 2. The Morgan fingerprint density at radius 1 is 0.957 bits per heavy atom. The molecule has 0 aliphatic rings. The first-order valence-corrected chi connectivity index (χ1v) is 7.61. The van der Waals surface area contributed by atoms with Crippen LogP contribution in [-0.2, 0) is 0 Å². The predicted molar refractivity (Wildman–Crippen MR) is 95.2 cm³/mol. The van der Waals surface area contributed by atoms with Gasteiger partial charge in [0.15, 0.2) is 0 Å². The summed E-state index contributed by atoms with van der Waals surface area (Å²) in [5.41, 5.74) is 6.12. The molecule has 0 N–H and O–H groups in total. The van der Waals surface area contributed by atoms with Crippen LogP contribution in [0.15, 0.2) is 66.9 Å². The predicted octanol–water partition coefficient (Wildman–Crippen LogP) is 5.16. The fourth-order valence-corrected chi connectivity index (χ4v) is 2.63. The maximum absolute atomic E-state index is 9.54. The minimum absolute atomic E-state index is 0.665. The smallest absolute Gasteiger partial charge is 0.0998 e. The van der Waals surface area contributed by atoms with E-state index in [9.17, 15) is 5.26 Å². The molecule has 2 aromatic carbocycles. The van der Waals surface area contributed by atoms with Crippen molar-refractivity contribution in [1.82, 2.24) is 4.57 Å². The summed E-state index contributed by atoms with van der Waals surface area (Å²) in [7, 11) is 0. The van der Waals surface area contributed by atoms with E-state index in [-0.39, 0.29) is 0 Å². The summed E-state index contributed by atoms with van der Waals surface area (Å²) in [6, 6.07) is 22.6. The number of aromatic nitrogens is 1. The molecule has 1 heterocycles. The molecular weight excluding hydrogens is 280 g/mol. The van der Waals surface area contributed by atoms with Gasteiger partial charge in [0.2, 0.25) is 0 Å². The number of rotatable bonds is 3. The van der Waals surface area contributed by atoms with Gasteiger partial charge in [0.25, 0.3) is 0 Å². The fraction of sp³-hybridized carbons (Fsp3) is 0.0952. The van der Waals surface area contributed by atoms with E-state index in [2.05, 4.69) is 29.7 Å². The summed E-state index contributed by atoms with van der Waals surface area (Å²) in [5, 5.41) is 9.54. The zero-order chi connectivity index (χ0) is 16.2. The third kappa shape index (κ3) is 3.09. The lowest BCUT2D eigenvalue weighted by molar-refractivity contribution is 1.04. The topological polar surface area (TPSA) is 28.7 Å². The summed E-state index contributed by atoms with van der Waals surface area (Å²) in [4.78, 5) is 0. The Morgan fingerprint density at radius 2 is 1.70 bits per heavy atom. The Balaban J connectivity index is 2.06. The average molecular weight is 298 g/mol. The Kier molecular flexibility index (Phi) is 4.12. The van der Waals surface area contributed by atoms with E-state index in [1.165, 1.54) is 11.1 Å². The summed E-state index contributed by atoms with van der Waals surface area (Å²) in [6.45, 7) is 4.14. The summed E-state index contributed by atoms with van der Waals surface area (Å²) in [6.07, 6.45) is 3.97. The zero-order valence-corrected chi connectivity index (χ0v) is 13.3. The van der Waals surface area contributed by atoms with E-state index < -0.39 is 0 Å². The van der Waals surface area contributed by atoms with Crippen LogP contribution in [0.3, 0.4) is 0 Å². The molecule has 0 fully saturated rings. The molecule has 0 saturated carbocycles. The molecular formula is C21H18N2. The molecule has 0 radical (unpaired) electrons. The molecule has 1 aromatic heterocycles. The van der Waals surface area contributed by atoms with Gasteiger partial charge in [-0.3, -0.25) is 0 Å². The van der Waals surface area contributed by atoms with Gasteiger partial charge < -0.3 is 4.57 Å². The van der Waals surface area contributed by atoms with Crippen molar-refractivity contribution in [3.05, 3.63) is 89.2 Å². The van der Waals surface area contributed by atoms with Crippen molar-refractivity contribution in [2.75, 3.05) is 0 Å². The van der Waals surface area contributed by atoms with Crippen molar-refractivity contribution in [2.45, 2.75) is 13.8 Å². The van der Waals surface area contributed by atoms with Crippen LogP contribution in [0, 0.1) is 25.2 Å². The first-order valence-electron chi connectivity index (χ1n) is 7.61. The average Bonchev–Trinajstić information content (AvgIpc) is 3.02.